The molecule has 3 heterocycles. The Bertz CT molecular complexity index is 1800. The van der Waals surface area contributed by atoms with E-state index < -0.39 is 0 Å². The number of H-pyrrole nitrogens is 2. The van der Waals surface area contributed by atoms with Crippen molar-refractivity contribution in [1.29, 1.82) is 0 Å². The highest BCUT2D eigenvalue weighted by Crippen LogP contribution is 2.33. The molecule has 0 spiro atoms. The van der Waals surface area contributed by atoms with Crippen molar-refractivity contribution in [2.75, 3.05) is 39.7 Å². The molecule has 43 heavy (non-hydrogen) atoms. The van der Waals surface area contributed by atoms with Crippen LogP contribution >= 0.6 is 0 Å². The van der Waals surface area contributed by atoms with Crippen LogP contribution in [0.25, 0.3) is 33.9 Å². The highest BCUT2D eigenvalue weighted by molar-refractivity contribution is 5.83. The lowest BCUT2D eigenvalue weighted by Crippen LogP contribution is -2.22. The molecule has 11 heteroatoms. The normalized spacial score (nSPS) is 11.3. The summed E-state index contributed by atoms with van der Waals surface area (Å²) in [5, 5.41) is 10.7. The molecule has 0 aliphatic heterocycles. The first-order chi connectivity index (χ1) is 21.1. The van der Waals surface area contributed by atoms with Gasteiger partial charge in [0.25, 0.3) is 0 Å². The van der Waals surface area contributed by atoms with E-state index in [-0.39, 0.29) is 0 Å². The van der Waals surface area contributed by atoms with E-state index in [0.29, 0.717) is 41.2 Å². The average molecular weight is 577 g/mol. The average Bonchev–Trinajstić information content (AvgIpc) is 3.67. The number of nitrogens with zero attached hydrogens (tertiary/aromatic N) is 5. The van der Waals surface area contributed by atoms with Crippen LogP contribution in [0, 0.1) is 0 Å². The van der Waals surface area contributed by atoms with Crippen molar-refractivity contribution < 1.29 is 14.2 Å². The van der Waals surface area contributed by atoms with Crippen LogP contribution in [0.5, 0.6) is 17.2 Å². The number of benzene rings is 3. The van der Waals surface area contributed by atoms with E-state index in [4.69, 9.17) is 24.2 Å². The number of fused-ring (bicyclic) bond motifs is 1. The van der Waals surface area contributed by atoms with Crippen molar-refractivity contribution in [3.05, 3.63) is 90.8 Å². The molecule has 3 N–H and O–H groups in total. The predicted octanol–water partition coefficient (Wildman–Crippen LogP) is 6.03. The van der Waals surface area contributed by atoms with E-state index in [2.05, 4.69) is 49.6 Å². The van der Waals surface area contributed by atoms with Gasteiger partial charge in [-0.05, 0) is 61.1 Å². The van der Waals surface area contributed by atoms with Crippen LogP contribution in [-0.4, -0.2) is 69.5 Å². The van der Waals surface area contributed by atoms with Crippen LogP contribution in [-0.2, 0) is 11.3 Å². The molecule has 0 saturated heterocycles. The van der Waals surface area contributed by atoms with Crippen LogP contribution in [0.15, 0.2) is 85.2 Å². The molecule has 0 radical (unpaired) electrons. The summed E-state index contributed by atoms with van der Waals surface area (Å²) < 4.78 is 16.7. The molecule has 0 amide bonds. The minimum Gasteiger partial charge on any atom is -0.491 e. The first-order valence-electron chi connectivity index (χ1n) is 13.8. The molecular weight excluding hydrogens is 544 g/mol. The highest BCUT2D eigenvalue weighted by atomic mass is 16.5. The molecule has 6 rings (SSSR count). The number of hydrogen-bond acceptors (Lipinski definition) is 9. The van der Waals surface area contributed by atoms with E-state index in [1.807, 2.05) is 60.7 Å². The van der Waals surface area contributed by atoms with Gasteiger partial charge in [-0.15, -0.1) is 0 Å². The van der Waals surface area contributed by atoms with E-state index in [1.165, 1.54) is 5.56 Å². The highest BCUT2D eigenvalue weighted by Gasteiger charge is 2.17. The van der Waals surface area contributed by atoms with Gasteiger partial charge in [-0.1, -0.05) is 24.3 Å². The summed E-state index contributed by atoms with van der Waals surface area (Å²) in [6.45, 7) is 2.36. The van der Waals surface area contributed by atoms with Crippen LogP contribution in [0.3, 0.4) is 0 Å². The van der Waals surface area contributed by atoms with Crippen LogP contribution in [0.1, 0.15) is 5.56 Å². The van der Waals surface area contributed by atoms with Gasteiger partial charge in [0.2, 0.25) is 0 Å². The predicted molar refractivity (Wildman–Crippen MR) is 166 cm³/mol. The maximum atomic E-state index is 5.91. The number of hydrogen-bond donors (Lipinski definition) is 3. The molecule has 0 bridgehead atoms. The number of para-hydroxylation sites is 1. The fraction of sp³-hybridized carbons (Fsp3) is 0.188. The molecule has 0 aliphatic carbocycles. The van der Waals surface area contributed by atoms with Crippen molar-refractivity contribution >= 4 is 22.5 Å². The zero-order valence-corrected chi connectivity index (χ0v) is 24.2. The van der Waals surface area contributed by atoms with Gasteiger partial charge in [0.15, 0.2) is 23.2 Å². The van der Waals surface area contributed by atoms with Crippen LogP contribution in [0.4, 0.5) is 11.5 Å². The summed E-state index contributed by atoms with van der Waals surface area (Å²) >= 11 is 0. The summed E-state index contributed by atoms with van der Waals surface area (Å²) in [4.78, 5) is 19.7. The van der Waals surface area contributed by atoms with Crippen molar-refractivity contribution in [1.82, 2.24) is 35.0 Å². The van der Waals surface area contributed by atoms with Gasteiger partial charge in [-0.3, -0.25) is 10.00 Å². The molecule has 3 aromatic heterocycles. The third-order valence-electron chi connectivity index (χ3n) is 6.87. The first kappa shape index (κ1) is 27.9. The van der Waals surface area contributed by atoms with Crippen molar-refractivity contribution in [3.8, 4) is 40.2 Å². The summed E-state index contributed by atoms with van der Waals surface area (Å²) in [7, 11) is 5.37. The van der Waals surface area contributed by atoms with Gasteiger partial charge in [-0.25, -0.2) is 15.0 Å². The van der Waals surface area contributed by atoms with Gasteiger partial charge in [0.1, 0.15) is 17.2 Å². The molecule has 11 nitrogen and oxygen atoms in total. The summed E-state index contributed by atoms with van der Waals surface area (Å²) in [5.41, 5.74) is 5.20. The number of ether oxygens (including phenoxy) is 3. The van der Waals surface area contributed by atoms with Crippen molar-refractivity contribution in [2.45, 2.75) is 6.54 Å². The van der Waals surface area contributed by atoms with Crippen molar-refractivity contribution in [3.63, 3.8) is 0 Å². The smallest absolute Gasteiger partial charge is 0.179 e. The van der Waals surface area contributed by atoms with E-state index in [9.17, 15) is 0 Å². The lowest BCUT2D eigenvalue weighted by Gasteiger charge is -2.15. The molecule has 0 aliphatic rings. The number of anilines is 2. The number of nitrogens with one attached hydrogen (secondary N) is 3. The van der Waals surface area contributed by atoms with Gasteiger partial charge < -0.3 is 24.5 Å². The Morgan fingerprint density at radius 3 is 2.51 bits per heavy atom. The second kappa shape index (κ2) is 12.7. The Hall–Kier alpha value is -5.26. The lowest BCUT2D eigenvalue weighted by molar-refractivity contribution is 0.158. The molecule has 0 atom stereocenters. The molecule has 3 aromatic carbocycles. The Kier molecular flexibility index (Phi) is 8.25. The zero-order chi connectivity index (χ0) is 29.6. The van der Waals surface area contributed by atoms with E-state index in [0.717, 1.165) is 41.2 Å². The molecule has 0 fully saturated rings. The summed E-state index contributed by atoms with van der Waals surface area (Å²) in [5.74, 6) is 3.67. The van der Waals surface area contributed by atoms with Crippen LogP contribution < -0.4 is 14.8 Å². The molecule has 0 saturated carbocycles. The number of aromatic amines is 2. The topological polar surface area (TPSA) is 126 Å². The second-order valence-electron chi connectivity index (χ2n) is 10.0. The van der Waals surface area contributed by atoms with E-state index >= 15 is 0 Å². The second-order valence-corrected chi connectivity index (χ2v) is 10.0. The van der Waals surface area contributed by atoms with Crippen molar-refractivity contribution in [2.24, 2.45) is 0 Å². The maximum Gasteiger partial charge on any atom is 0.179 e. The third-order valence-corrected chi connectivity index (χ3v) is 6.87. The number of likely N-dealkylation sites (N-methyl/N-ethyl adjacent to an activating group) is 1. The Balaban J connectivity index is 1.22. The quantitative estimate of drug-likeness (QED) is 0.160. The SMILES string of the molecule is COCCN(C)Cc1ccc2nc(-c3[nH]ncc3Nc3nc(-c4ccc(Oc5ccccc5)cc4)ncc3OC)[nH]c2c1. The lowest BCUT2D eigenvalue weighted by atomic mass is 10.2. The van der Waals surface area contributed by atoms with E-state index in [1.54, 1.807) is 26.6 Å². The molecular formula is C32H32N8O3. The standard InChI is InChI=1S/C32H32N8O3/c1-40(15-16-41-2)20-21-9-14-25-26(17-21)36-32(35-25)29-27(18-34-39-29)37-31-28(42-3)19-33-30(38-31)22-10-12-24(13-11-22)43-23-7-5-4-6-8-23/h4-14,17-19H,15-16,20H2,1-3H3,(H,34,39)(H,35,36)(H,33,37,38). The number of imidazole rings is 1. The van der Waals surface area contributed by atoms with Gasteiger partial charge >= 0.3 is 0 Å². The van der Waals surface area contributed by atoms with Gasteiger partial charge in [0, 0.05) is 25.8 Å². The minimum absolute atomic E-state index is 0.492. The number of aromatic nitrogens is 6. The molecule has 218 valence electrons. The zero-order valence-electron chi connectivity index (χ0n) is 24.2. The largest absolute Gasteiger partial charge is 0.491 e. The fourth-order valence-corrected chi connectivity index (χ4v) is 4.65. The Labute approximate surface area is 248 Å². The minimum atomic E-state index is 0.492. The van der Waals surface area contributed by atoms with Crippen LogP contribution in [0.2, 0.25) is 0 Å². The first-order valence-corrected chi connectivity index (χ1v) is 13.8. The number of methoxy groups -OCH3 is 2. The fourth-order valence-electron chi connectivity index (χ4n) is 4.65. The van der Waals surface area contributed by atoms with Gasteiger partial charge in [0.05, 0.1) is 42.8 Å². The monoisotopic (exact) mass is 576 g/mol. The summed E-state index contributed by atoms with van der Waals surface area (Å²) in [6.07, 6.45) is 3.33. The Morgan fingerprint density at radius 2 is 1.72 bits per heavy atom. The number of rotatable bonds is 12. The molecule has 0 unspecified atom stereocenters. The maximum absolute atomic E-state index is 5.91. The molecule has 6 aromatic rings. The Morgan fingerprint density at radius 1 is 0.907 bits per heavy atom. The summed E-state index contributed by atoms with van der Waals surface area (Å²) in [6, 6.07) is 23.5. The van der Waals surface area contributed by atoms with Gasteiger partial charge in [-0.2, -0.15) is 5.10 Å². The third kappa shape index (κ3) is 6.48.